The Morgan fingerprint density at radius 2 is 2.16 bits per heavy atom. The second kappa shape index (κ2) is 5.77. The monoisotopic (exact) mass is 264 g/mol. The van der Waals surface area contributed by atoms with Gasteiger partial charge < -0.3 is 11.1 Å². The van der Waals surface area contributed by atoms with Crippen molar-refractivity contribution in [2.75, 3.05) is 19.6 Å². The van der Waals surface area contributed by atoms with Crippen molar-refractivity contribution in [3.8, 4) is 0 Å². The normalized spacial score (nSPS) is 20.1. The molecule has 0 aliphatic carbocycles. The molecule has 1 fully saturated rings. The molecule has 0 spiro atoms. The molecule has 102 valence electrons. The van der Waals surface area contributed by atoms with Crippen molar-refractivity contribution in [3.63, 3.8) is 0 Å². The van der Waals surface area contributed by atoms with E-state index in [2.05, 4.69) is 5.32 Å². The predicted octanol–water partition coefficient (Wildman–Crippen LogP) is -0.146. The number of nitrogens with one attached hydrogen (secondary N) is 1. The van der Waals surface area contributed by atoms with Gasteiger partial charge in [0, 0.05) is 38.3 Å². The average molecular weight is 264 g/mol. The number of hydrogen-bond acceptors (Lipinski definition) is 5. The quantitative estimate of drug-likeness (QED) is 0.582. The van der Waals surface area contributed by atoms with Crippen LogP contribution in [0.5, 0.6) is 0 Å². The predicted molar refractivity (Wildman–Crippen MR) is 69.4 cm³/mol. The Bertz CT molecular complexity index is 474. The van der Waals surface area contributed by atoms with Crippen LogP contribution in [-0.4, -0.2) is 41.4 Å². The number of hydrogen-bond donors (Lipinski definition) is 2. The van der Waals surface area contributed by atoms with E-state index < -0.39 is 4.92 Å². The molecule has 1 aliphatic heterocycles. The number of nitrogens with two attached hydrogens (primary N) is 1. The van der Waals surface area contributed by atoms with E-state index in [4.69, 9.17) is 5.73 Å². The first kappa shape index (κ1) is 13.4. The van der Waals surface area contributed by atoms with Crippen molar-refractivity contribution in [1.82, 2.24) is 10.2 Å². The molecule has 0 aromatic heterocycles. The molecule has 1 atom stereocenters. The van der Waals surface area contributed by atoms with Gasteiger partial charge in [0.05, 0.1) is 4.92 Å². The maximum Gasteiger partial charge on any atom is 0.269 e. The van der Waals surface area contributed by atoms with Gasteiger partial charge in [-0.3, -0.25) is 19.8 Å². The van der Waals surface area contributed by atoms with Crippen LogP contribution in [0.25, 0.3) is 0 Å². The summed E-state index contributed by atoms with van der Waals surface area (Å²) in [6.07, 6.45) is 0. The van der Waals surface area contributed by atoms with Gasteiger partial charge >= 0.3 is 0 Å². The summed E-state index contributed by atoms with van der Waals surface area (Å²) in [7, 11) is 0. The highest BCUT2D eigenvalue weighted by Crippen LogP contribution is 2.15. The molecule has 0 radical (unpaired) electrons. The number of nitrogens with zero attached hydrogens (tertiary/aromatic N) is 2. The molecule has 2 rings (SSSR count). The number of amides is 1. The number of benzene rings is 1. The third-order valence-electron chi connectivity index (χ3n) is 3.22. The minimum atomic E-state index is -0.430. The number of non-ortho nitro benzene ring substituents is 1. The third kappa shape index (κ3) is 3.27. The van der Waals surface area contributed by atoms with E-state index in [1.807, 2.05) is 4.90 Å². The fourth-order valence-corrected chi connectivity index (χ4v) is 2.17. The van der Waals surface area contributed by atoms with Crippen LogP contribution in [0.4, 0.5) is 5.69 Å². The Morgan fingerprint density at radius 1 is 1.47 bits per heavy atom. The summed E-state index contributed by atoms with van der Waals surface area (Å²) in [4.78, 5) is 23.5. The topological polar surface area (TPSA) is 102 Å². The largest absolute Gasteiger partial charge is 0.368 e. The van der Waals surface area contributed by atoms with E-state index in [0.717, 1.165) is 18.7 Å². The molecule has 0 saturated carbocycles. The van der Waals surface area contributed by atoms with Crippen LogP contribution in [0, 0.1) is 10.1 Å². The zero-order chi connectivity index (χ0) is 13.8. The molecule has 3 N–H and O–H groups in total. The molecule has 0 bridgehead atoms. The van der Waals surface area contributed by atoms with Crippen LogP contribution in [0.1, 0.15) is 5.56 Å². The lowest BCUT2D eigenvalue weighted by Gasteiger charge is -2.34. The van der Waals surface area contributed by atoms with Crippen LogP contribution in [0.3, 0.4) is 0 Å². The lowest BCUT2D eigenvalue weighted by Crippen LogP contribution is -2.56. The summed E-state index contributed by atoms with van der Waals surface area (Å²) in [5.41, 5.74) is 6.36. The molecule has 1 saturated heterocycles. The number of primary amides is 1. The molecule has 19 heavy (non-hydrogen) atoms. The summed E-state index contributed by atoms with van der Waals surface area (Å²) in [5.74, 6) is -0.353. The first-order chi connectivity index (χ1) is 9.08. The van der Waals surface area contributed by atoms with Crippen molar-refractivity contribution in [2.45, 2.75) is 12.6 Å². The van der Waals surface area contributed by atoms with Gasteiger partial charge in [-0.25, -0.2) is 0 Å². The number of rotatable bonds is 4. The Labute approximate surface area is 110 Å². The second-order valence-corrected chi connectivity index (χ2v) is 4.52. The summed E-state index contributed by atoms with van der Waals surface area (Å²) >= 11 is 0. The molecule has 1 heterocycles. The molecule has 1 aromatic rings. The van der Waals surface area contributed by atoms with E-state index >= 15 is 0 Å². The van der Waals surface area contributed by atoms with E-state index in [0.29, 0.717) is 13.1 Å². The lowest BCUT2D eigenvalue weighted by atomic mass is 10.1. The lowest BCUT2D eigenvalue weighted by molar-refractivity contribution is -0.384. The molecular weight excluding hydrogens is 248 g/mol. The molecular formula is C12H16N4O3. The third-order valence-corrected chi connectivity index (χ3v) is 3.22. The van der Waals surface area contributed by atoms with Crippen molar-refractivity contribution < 1.29 is 9.72 Å². The van der Waals surface area contributed by atoms with Crippen LogP contribution in [0.2, 0.25) is 0 Å². The van der Waals surface area contributed by atoms with E-state index in [1.165, 1.54) is 12.1 Å². The fraction of sp³-hybridized carbons (Fsp3) is 0.417. The summed E-state index contributed by atoms with van der Waals surface area (Å²) in [6.45, 7) is 2.64. The standard InChI is InChI=1S/C12H16N4O3/c13-12(17)11-7-14-5-6-15(11)8-9-1-3-10(4-2-9)16(18)19/h1-4,11,14H,5-8H2,(H2,13,17). The van der Waals surface area contributed by atoms with Crippen LogP contribution in [0.15, 0.2) is 24.3 Å². The zero-order valence-corrected chi connectivity index (χ0v) is 10.4. The minimum Gasteiger partial charge on any atom is -0.368 e. The smallest absolute Gasteiger partial charge is 0.269 e. The number of carbonyl (C=O) groups excluding carboxylic acids is 1. The highest BCUT2D eigenvalue weighted by Gasteiger charge is 2.26. The number of nitro groups is 1. The molecule has 1 unspecified atom stereocenters. The van der Waals surface area contributed by atoms with E-state index in [9.17, 15) is 14.9 Å². The van der Waals surface area contributed by atoms with Crippen LogP contribution >= 0.6 is 0 Å². The minimum absolute atomic E-state index is 0.0653. The first-order valence-corrected chi connectivity index (χ1v) is 6.05. The Hall–Kier alpha value is -1.99. The number of nitro benzene ring substituents is 1. The Balaban J connectivity index is 2.06. The van der Waals surface area contributed by atoms with Gasteiger partial charge in [-0.1, -0.05) is 12.1 Å². The van der Waals surface area contributed by atoms with Gasteiger partial charge in [-0.15, -0.1) is 0 Å². The van der Waals surface area contributed by atoms with Crippen molar-refractivity contribution in [3.05, 3.63) is 39.9 Å². The number of carbonyl (C=O) groups is 1. The van der Waals surface area contributed by atoms with Gasteiger partial charge in [0.2, 0.25) is 5.91 Å². The van der Waals surface area contributed by atoms with Crippen molar-refractivity contribution >= 4 is 11.6 Å². The van der Waals surface area contributed by atoms with Gasteiger partial charge in [-0.2, -0.15) is 0 Å². The van der Waals surface area contributed by atoms with Crippen LogP contribution in [-0.2, 0) is 11.3 Å². The van der Waals surface area contributed by atoms with Gasteiger partial charge in [0.1, 0.15) is 6.04 Å². The maximum absolute atomic E-state index is 11.3. The summed E-state index contributed by atoms with van der Waals surface area (Å²) in [6, 6.07) is 6.02. The van der Waals surface area contributed by atoms with Crippen molar-refractivity contribution in [1.29, 1.82) is 0 Å². The van der Waals surface area contributed by atoms with Gasteiger partial charge in [0.15, 0.2) is 0 Å². The molecule has 1 aliphatic rings. The average Bonchev–Trinajstić information content (AvgIpc) is 2.39. The Kier molecular flexibility index (Phi) is 4.08. The highest BCUT2D eigenvalue weighted by molar-refractivity contribution is 5.80. The summed E-state index contributed by atoms with van der Waals surface area (Å²) in [5, 5.41) is 13.7. The SMILES string of the molecule is NC(=O)C1CNCCN1Cc1ccc([N+](=O)[O-])cc1. The second-order valence-electron chi connectivity index (χ2n) is 4.52. The molecule has 7 heteroatoms. The van der Waals surface area contributed by atoms with Crippen LogP contribution < -0.4 is 11.1 Å². The highest BCUT2D eigenvalue weighted by atomic mass is 16.6. The Morgan fingerprint density at radius 3 is 2.74 bits per heavy atom. The molecule has 1 amide bonds. The fourth-order valence-electron chi connectivity index (χ4n) is 2.17. The zero-order valence-electron chi connectivity index (χ0n) is 10.4. The van der Waals surface area contributed by atoms with E-state index in [-0.39, 0.29) is 17.6 Å². The van der Waals surface area contributed by atoms with E-state index in [1.54, 1.807) is 12.1 Å². The van der Waals surface area contributed by atoms with Gasteiger partial charge in [-0.05, 0) is 5.56 Å². The summed E-state index contributed by atoms with van der Waals surface area (Å²) < 4.78 is 0. The molecule has 1 aromatic carbocycles. The first-order valence-electron chi connectivity index (χ1n) is 6.05. The molecule has 7 nitrogen and oxygen atoms in total. The number of piperazine rings is 1. The van der Waals surface area contributed by atoms with Gasteiger partial charge in [0.25, 0.3) is 5.69 Å². The van der Waals surface area contributed by atoms with Crippen molar-refractivity contribution in [2.24, 2.45) is 5.73 Å². The maximum atomic E-state index is 11.3.